The molecule has 42 heavy (non-hydrogen) atoms. The summed E-state index contributed by atoms with van der Waals surface area (Å²) in [4.78, 5) is 5.39. The molecule has 3 nitrogen and oxygen atoms in total. The van der Waals surface area contributed by atoms with Gasteiger partial charge in [0.25, 0.3) is 0 Å². The number of para-hydroxylation sites is 2. The molecule has 3 heterocycles. The molecular weight excluding hydrogens is 510 g/mol. The van der Waals surface area contributed by atoms with E-state index in [0.717, 1.165) is 39.4 Å². The molecule has 0 spiro atoms. The predicted octanol–water partition coefficient (Wildman–Crippen LogP) is 10.1. The zero-order chi connectivity index (χ0) is 27.6. The molecule has 0 amide bonds. The smallest absolute Gasteiger partial charge is 0.145 e. The van der Waals surface area contributed by atoms with Crippen molar-refractivity contribution in [3.63, 3.8) is 0 Å². The van der Waals surface area contributed by atoms with Gasteiger partial charge in [0.05, 0.1) is 27.8 Å². The van der Waals surface area contributed by atoms with Crippen molar-refractivity contribution in [1.29, 1.82) is 0 Å². The maximum Gasteiger partial charge on any atom is 0.145 e. The highest BCUT2D eigenvalue weighted by Crippen LogP contribution is 2.42. The first-order valence-electron chi connectivity index (χ1n) is 14.3. The molecule has 9 aromatic rings. The van der Waals surface area contributed by atoms with Gasteiger partial charge in [-0.2, -0.15) is 0 Å². The van der Waals surface area contributed by atoms with Crippen LogP contribution in [-0.4, -0.2) is 14.0 Å². The maximum absolute atomic E-state index is 5.39. The number of hydrogen-bond acceptors (Lipinski definition) is 1. The zero-order valence-corrected chi connectivity index (χ0v) is 22.8. The van der Waals surface area contributed by atoms with E-state index in [-0.39, 0.29) is 0 Å². The second kappa shape index (κ2) is 8.92. The molecule has 3 heteroatoms. The second-order valence-corrected chi connectivity index (χ2v) is 10.8. The van der Waals surface area contributed by atoms with Crippen LogP contribution in [0.2, 0.25) is 0 Å². The first-order valence-corrected chi connectivity index (χ1v) is 14.3. The molecule has 0 atom stereocenters. The number of rotatable bonds is 3. The molecule has 6 aromatic carbocycles. The van der Waals surface area contributed by atoms with Gasteiger partial charge in [-0.05, 0) is 35.7 Å². The maximum atomic E-state index is 5.39. The van der Waals surface area contributed by atoms with E-state index >= 15 is 0 Å². The molecule has 0 fully saturated rings. The van der Waals surface area contributed by atoms with Gasteiger partial charge in [0, 0.05) is 38.4 Å². The van der Waals surface area contributed by atoms with Gasteiger partial charge in [0.1, 0.15) is 5.82 Å². The van der Waals surface area contributed by atoms with E-state index in [1.165, 1.54) is 38.0 Å². The van der Waals surface area contributed by atoms with Gasteiger partial charge in [-0.15, -0.1) is 0 Å². The lowest BCUT2D eigenvalue weighted by molar-refractivity contribution is 1.18. The first kappa shape index (κ1) is 23.1. The Balaban J connectivity index is 1.55. The number of pyridine rings is 1. The summed E-state index contributed by atoms with van der Waals surface area (Å²) in [6, 6.07) is 54.1. The molecule has 0 N–H and O–H groups in total. The molecule has 0 radical (unpaired) electrons. The van der Waals surface area contributed by atoms with Crippen LogP contribution >= 0.6 is 0 Å². The van der Waals surface area contributed by atoms with Crippen LogP contribution in [0.4, 0.5) is 0 Å². The fourth-order valence-electron chi connectivity index (χ4n) is 6.67. The zero-order valence-electron chi connectivity index (χ0n) is 22.8. The van der Waals surface area contributed by atoms with Crippen molar-refractivity contribution >= 4 is 49.0 Å². The molecule has 196 valence electrons. The number of benzene rings is 6. The molecule has 0 aliphatic heterocycles. The summed E-state index contributed by atoms with van der Waals surface area (Å²) in [5.41, 5.74) is 9.01. The number of hydrogen-bond donors (Lipinski definition) is 0. The Labute approximate surface area is 242 Å². The van der Waals surface area contributed by atoms with E-state index in [0.29, 0.717) is 0 Å². The lowest BCUT2D eigenvalue weighted by Gasteiger charge is -2.13. The summed E-state index contributed by atoms with van der Waals surface area (Å²) in [5.74, 6) is 0.946. The highest BCUT2D eigenvalue weighted by atomic mass is 15.0. The average molecular weight is 536 g/mol. The summed E-state index contributed by atoms with van der Waals surface area (Å²) in [7, 11) is 0. The van der Waals surface area contributed by atoms with Gasteiger partial charge < -0.3 is 4.57 Å². The first-order chi connectivity index (χ1) is 20.9. The SMILES string of the molecule is c1ccc(-c2nc(-c3ccccc3)n3c4cc5c(cc4c4ccccc4c23)c2ccccc2n5-c2ccccc2)cc1. The van der Waals surface area contributed by atoms with Crippen molar-refractivity contribution in [3.8, 4) is 28.3 Å². The Bertz CT molecular complexity index is 2430. The van der Waals surface area contributed by atoms with Crippen molar-refractivity contribution in [1.82, 2.24) is 14.0 Å². The Morgan fingerprint density at radius 3 is 1.71 bits per heavy atom. The van der Waals surface area contributed by atoms with Crippen LogP contribution in [0.5, 0.6) is 0 Å². The molecule has 0 unspecified atom stereocenters. The largest absolute Gasteiger partial charge is 0.309 e. The van der Waals surface area contributed by atoms with Crippen LogP contribution in [0, 0.1) is 0 Å². The standard InChI is InChI=1S/C39H25N3/c1-4-14-26(15-5-1)37-38-31-22-11-10-20-29(31)32-24-33-30-21-12-13-23-34(30)41(28-18-8-3-9-19-28)35(33)25-36(32)42(38)39(40-37)27-16-6-2-7-17-27/h1-25H. The van der Waals surface area contributed by atoms with Crippen LogP contribution in [0.15, 0.2) is 152 Å². The van der Waals surface area contributed by atoms with E-state index in [9.17, 15) is 0 Å². The van der Waals surface area contributed by atoms with Crippen LogP contribution in [-0.2, 0) is 0 Å². The summed E-state index contributed by atoms with van der Waals surface area (Å²) in [6.45, 7) is 0. The van der Waals surface area contributed by atoms with Crippen LogP contribution in [0.1, 0.15) is 0 Å². The number of aromatic nitrogens is 3. The van der Waals surface area contributed by atoms with E-state index in [1.54, 1.807) is 0 Å². The van der Waals surface area contributed by atoms with E-state index in [2.05, 4.69) is 161 Å². The third-order valence-electron chi connectivity index (χ3n) is 8.47. The van der Waals surface area contributed by atoms with Crippen LogP contribution < -0.4 is 0 Å². The Hall–Kier alpha value is -5.67. The van der Waals surface area contributed by atoms with E-state index in [4.69, 9.17) is 4.98 Å². The number of fused-ring (bicyclic) bond motifs is 9. The van der Waals surface area contributed by atoms with Crippen molar-refractivity contribution in [2.24, 2.45) is 0 Å². The third kappa shape index (κ3) is 3.25. The highest BCUT2D eigenvalue weighted by molar-refractivity contribution is 6.21. The Kier molecular flexibility index (Phi) is 4.90. The van der Waals surface area contributed by atoms with Gasteiger partial charge in [0.15, 0.2) is 0 Å². The van der Waals surface area contributed by atoms with Crippen LogP contribution in [0.25, 0.3) is 77.3 Å². The Morgan fingerprint density at radius 1 is 0.405 bits per heavy atom. The number of imidazole rings is 1. The molecule has 0 aliphatic rings. The predicted molar refractivity (Wildman–Crippen MR) is 175 cm³/mol. The fourth-order valence-corrected chi connectivity index (χ4v) is 6.67. The van der Waals surface area contributed by atoms with Gasteiger partial charge in [-0.3, -0.25) is 4.40 Å². The van der Waals surface area contributed by atoms with Gasteiger partial charge in [0.2, 0.25) is 0 Å². The fraction of sp³-hybridized carbons (Fsp3) is 0. The molecule has 0 aliphatic carbocycles. The summed E-state index contributed by atoms with van der Waals surface area (Å²) >= 11 is 0. The minimum Gasteiger partial charge on any atom is -0.309 e. The van der Waals surface area contributed by atoms with Gasteiger partial charge >= 0.3 is 0 Å². The molecule has 0 saturated carbocycles. The Morgan fingerprint density at radius 2 is 0.976 bits per heavy atom. The van der Waals surface area contributed by atoms with Crippen molar-refractivity contribution in [2.45, 2.75) is 0 Å². The molecule has 9 rings (SSSR count). The average Bonchev–Trinajstić information content (AvgIpc) is 3.62. The molecule has 3 aromatic heterocycles. The second-order valence-electron chi connectivity index (χ2n) is 10.8. The minimum absolute atomic E-state index is 0.946. The topological polar surface area (TPSA) is 22.2 Å². The summed E-state index contributed by atoms with van der Waals surface area (Å²) in [6.07, 6.45) is 0. The summed E-state index contributed by atoms with van der Waals surface area (Å²) < 4.78 is 4.78. The lowest BCUT2D eigenvalue weighted by Crippen LogP contribution is -1.96. The molecule has 0 saturated heterocycles. The van der Waals surface area contributed by atoms with E-state index in [1.807, 2.05) is 0 Å². The minimum atomic E-state index is 0.946. The molecular formula is C39H25N3. The number of nitrogens with zero attached hydrogens (tertiary/aromatic N) is 3. The van der Waals surface area contributed by atoms with Crippen molar-refractivity contribution < 1.29 is 0 Å². The quantitative estimate of drug-likeness (QED) is 0.206. The van der Waals surface area contributed by atoms with Crippen molar-refractivity contribution in [3.05, 3.63) is 152 Å². The van der Waals surface area contributed by atoms with E-state index < -0.39 is 0 Å². The highest BCUT2D eigenvalue weighted by Gasteiger charge is 2.22. The normalized spacial score (nSPS) is 11.8. The van der Waals surface area contributed by atoms with Gasteiger partial charge in [-0.1, -0.05) is 121 Å². The van der Waals surface area contributed by atoms with Gasteiger partial charge in [-0.25, -0.2) is 4.98 Å². The lowest BCUT2D eigenvalue weighted by atomic mass is 10.0. The summed E-state index contributed by atoms with van der Waals surface area (Å²) in [5, 5.41) is 6.15. The monoisotopic (exact) mass is 535 g/mol. The van der Waals surface area contributed by atoms with Crippen molar-refractivity contribution in [2.75, 3.05) is 0 Å². The van der Waals surface area contributed by atoms with Crippen LogP contribution in [0.3, 0.4) is 0 Å². The third-order valence-corrected chi connectivity index (χ3v) is 8.47. The molecule has 0 bridgehead atoms.